The molecule has 0 radical (unpaired) electrons. The molecule has 1 amide bonds. The first-order valence-corrected chi connectivity index (χ1v) is 8.79. The minimum Gasteiger partial charge on any atom is -0.467 e. The quantitative estimate of drug-likeness (QED) is 0.875. The average Bonchev–Trinajstić information content (AvgIpc) is 3.20. The van der Waals surface area contributed by atoms with Gasteiger partial charge in [-0.25, -0.2) is 0 Å². The molecule has 1 aromatic heterocycles. The first-order chi connectivity index (χ1) is 11.1. The average molecular weight is 321 g/mol. The Bertz CT molecular complexity index is 487. The van der Waals surface area contributed by atoms with Crippen molar-refractivity contribution in [2.45, 2.75) is 69.6 Å². The monoisotopic (exact) mass is 321 g/mol. The van der Waals surface area contributed by atoms with Crippen LogP contribution in [0.2, 0.25) is 0 Å². The van der Waals surface area contributed by atoms with Crippen molar-refractivity contribution in [2.24, 2.45) is 0 Å². The van der Waals surface area contributed by atoms with Crippen LogP contribution in [0.15, 0.2) is 22.8 Å². The molecule has 5 nitrogen and oxygen atoms in total. The molecule has 1 aliphatic carbocycles. The first-order valence-electron chi connectivity index (χ1n) is 8.79. The molecule has 128 valence electrons. The third-order valence-electron chi connectivity index (χ3n) is 4.99. The fourth-order valence-corrected chi connectivity index (χ4v) is 3.66. The summed E-state index contributed by atoms with van der Waals surface area (Å²) in [4.78, 5) is 14.6. The second kappa shape index (κ2) is 7.49. The lowest BCUT2D eigenvalue weighted by atomic mass is 9.82. The molecule has 1 N–H and O–H groups in total. The van der Waals surface area contributed by atoms with E-state index in [0.717, 1.165) is 57.3 Å². The second-order valence-corrected chi connectivity index (χ2v) is 6.95. The van der Waals surface area contributed by atoms with Crippen molar-refractivity contribution in [1.29, 1.82) is 0 Å². The predicted octanol–water partition coefficient (Wildman–Crippen LogP) is 2.87. The minimum atomic E-state index is -0.826. The Morgan fingerprint density at radius 1 is 1.30 bits per heavy atom. The molecule has 0 bridgehead atoms. The maximum atomic E-state index is 12.8. The third-order valence-corrected chi connectivity index (χ3v) is 4.99. The maximum Gasteiger partial charge on any atom is 0.225 e. The van der Waals surface area contributed by atoms with Crippen molar-refractivity contribution in [1.82, 2.24) is 4.90 Å². The molecule has 2 heterocycles. The number of rotatable bonds is 6. The fourth-order valence-electron chi connectivity index (χ4n) is 3.66. The lowest BCUT2D eigenvalue weighted by molar-refractivity contribution is -0.140. The van der Waals surface area contributed by atoms with E-state index in [2.05, 4.69) is 0 Å². The van der Waals surface area contributed by atoms with Crippen molar-refractivity contribution < 1.29 is 19.1 Å². The van der Waals surface area contributed by atoms with Crippen molar-refractivity contribution in [3.63, 3.8) is 0 Å². The largest absolute Gasteiger partial charge is 0.467 e. The number of ether oxygens (including phenoxy) is 1. The van der Waals surface area contributed by atoms with Crippen LogP contribution in [-0.4, -0.2) is 40.8 Å². The molecule has 1 unspecified atom stereocenters. The van der Waals surface area contributed by atoms with Crippen LogP contribution in [0.3, 0.4) is 0 Å². The number of carbonyl (C=O) groups is 1. The van der Waals surface area contributed by atoms with Crippen molar-refractivity contribution >= 4 is 5.91 Å². The van der Waals surface area contributed by atoms with Crippen LogP contribution in [0.25, 0.3) is 0 Å². The van der Waals surface area contributed by atoms with E-state index in [1.165, 1.54) is 0 Å². The van der Waals surface area contributed by atoms with E-state index in [4.69, 9.17) is 9.15 Å². The summed E-state index contributed by atoms with van der Waals surface area (Å²) in [6.45, 7) is 1.80. The van der Waals surface area contributed by atoms with Crippen LogP contribution in [0.4, 0.5) is 0 Å². The van der Waals surface area contributed by atoms with Gasteiger partial charge in [0.15, 0.2) is 0 Å². The Labute approximate surface area is 137 Å². The van der Waals surface area contributed by atoms with Crippen molar-refractivity contribution in [2.75, 3.05) is 13.2 Å². The van der Waals surface area contributed by atoms with Crippen molar-refractivity contribution in [3.05, 3.63) is 24.2 Å². The zero-order valence-electron chi connectivity index (χ0n) is 13.7. The number of aliphatic hydroxyl groups is 1. The van der Waals surface area contributed by atoms with Gasteiger partial charge in [0, 0.05) is 13.2 Å². The van der Waals surface area contributed by atoms with E-state index < -0.39 is 5.60 Å². The minimum absolute atomic E-state index is 0.00120. The summed E-state index contributed by atoms with van der Waals surface area (Å²) in [5.41, 5.74) is -0.826. The topological polar surface area (TPSA) is 62.9 Å². The molecular weight excluding hydrogens is 294 g/mol. The molecular formula is C18H27NO4. The van der Waals surface area contributed by atoms with Crippen LogP contribution in [0.1, 0.15) is 57.1 Å². The van der Waals surface area contributed by atoms with Crippen LogP contribution >= 0.6 is 0 Å². The summed E-state index contributed by atoms with van der Waals surface area (Å²) in [6, 6.07) is 3.71. The van der Waals surface area contributed by atoms with Crippen LogP contribution in [-0.2, 0) is 16.1 Å². The normalized spacial score (nSPS) is 23.8. The highest BCUT2D eigenvalue weighted by Gasteiger charge is 2.34. The zero-order valence-corrected chi connectivity index (χ0v) is 13.7. The van der Waals surface area contributed by atoms with Gasteiger partial charge in [0.1, 0.15) is 5.76 Å². The van der Waals surface area contributed by atoms with Crippen LogP contribution in [0.5, 0.6) is 0 Å². The highest BCUT2D eigenvalue weighted by atomic mass is 16.5. The van der Waals surface area contributed by atoms with Crippen LogP contribution < -0.4 is 0 Å². The van der Waals surface area contributed by atoms with Gasteiger partial charge in [-0.1, -0.05) is 19.3 Å². The fraction of sp³-hybridized carbons (Fsp3) is 0.722. The van der Waals surface area contributed by atoms with Crippen LogP contribution in [0, 0.1) is 0 Å². The molecule has 5 heteroatoms. The number of hydrogen-bond acceptors (Lipinski definition) is 4. The Hall–Kier alpha value is -1.33. The molecule has 0 spiro atoms. The van der Waals surface area contributed by atoms with Gasteiger partial charge < -0.3 is 19.2 Å². The Morgan fingerprint density at radius 2 is 2.13 bits per heavy atom. The lowest BCUT2D eigenvalue weighted by Gasteiger charge is -2.34. The van der Waals surface area contributed by atoms with Crippen molar-refractivity contribution in [3.8, 4) is 0 Å². The SMILES string of the molecule is O=C(CC1(O)CCCCC1)N(Cc1ccco1)CC1CCCO1. The van der Waals surface area contributed by atoms with Gasteiger partial charge in [-0.3, -0.25) is 4.79 Å². The lowest BCUT2D eigenvalue weighted by Crippen LogP contribution is -2.42. The summed E-state index contributed by atoms with van der Waals surface area (Å²) >= 11 is 0. The number of nitrogens with zero attached hydrogens (tertiary/aromatic N) is 1. The number of amides is 1. The molecule has 2 aliphatic rings. The summed E-state index contributed by atoms with van der Waals surface area (Å²) in [5.74, 6) is 0.772. The molecule has 3 rings (SSSR count). The van der Waals surface area contributed by atoms with E-state index in [-0.39, 0.29) is 18.4 Å². The first kappa shape index (κ1) is 16.5. The van der Waals surface area contributed by atoms with Gasteiger partial charge in [0.2, 0.25) is 5.91 Å². The third kappa shape index (κ3) is 4.58. The van der Waals surface area contributed by atoms with Gasteiger partial charge >= 0.3 is 0 Å². The Balaban J connectivity index is 1.64. The summed E-state index contributed by atoms with van der Waals surface area (Å²) < 4.78 is 11.1. The van der Waals surface area contributed by atoms with E-state index >= 15 is 0 Å². The molecule has 0 aromatic carbocycles. The maximum absolute atomic E-state index is 12.8. The van der Waals surface area contributed by atoms with Gasteiger partial charge in [0.25, 0.3) is 0 Å². The number of hydrogen-bond donors (Lipinski definition) is 1. The highest BCUT2D eigenvalue weighted by molar-refractivity contribution is 5.77. The van der Waals surface area contributed by atoms with Gasteiger partial charge in [-0.05, 0) is 37.8 Å². The number of carbonyl (C=O) groups excluding carboxylic acids is 1. The number of furan rings is 1. The summed E-state index contributed by atoms with van der Waals surface area (Å²) in [5, 5.41) is 10.7. The standard InChI is InChI=1S/C18H27NO4/c20-17(12-18(21)8-2-1-3-9-18)19(13-15-6-4-10-22-15)14-16-7-5-11-23-16/h4,6,10,16,21H,1-3,5,7-9,11-14H2. The smallest absolute Gasteiger partial charge is 0.225 e. The van der Waals surface area contributed by atoms with E-state index in [1.807, 2.05) is 12.1 Å². The van der Waals surface area contributed by atoms with E-state index in [1.54, 1.807) is 11.2 Å². The Kier molecular flexibility index (Phi) is 5.38. The molecule has 1 aromatic rings. The molecule has 1 saturated heterocycles. The van der Waals surface area contributed by atoms with E-state index in [0.29, 0.717) is 13.1 Å². The van der Waals surface area contributed by atoms with E-state index in [9.17, 15) is 9.90 Å². The predicted molar refractivity (Wildman–Crippen MR) is 85.8 cm³/mol. The summed E-state index contributed by atoms with van der Waals surface area (Å²) in [7, 11) is 0. The van der Waals surface area contributed by atoms with Gasteiger partial charge in [-0.2, -0.15) is 0 Å². The highest BCUT2D eigenvalue weighted by Crippen LogP contribution is 2.31. The molecule has 1 aliphatic heterocycles. The molecule has 1 atom stereocenters. The zero-order chi connectivity index (χ0) is 16.1. The molecule has 1 saturated carbocycles. The van der Waals surface area contributed by atoms with Gasteiger partial charge in [0.05, 0.1) is 30.9 Å². The molecule has 23 heavy (non-hydrogen) atoms. The van der Waals surface area contributed by atoms with Gasteiger partial charge in [-0.15, -0.1) is 0 Å². The molecule has 2 fully saturated rings. The Morgan fingerprint density at radius 3 is 2.78 bits per heavy atom. The second-order valence-electron chi connectivity index (χ2n) is 6.95. The summed E-state index contributed by atoms with van der Waals surface area (Å²) in [6.07, 6.45) is 8.61.